The second-order valence-electron chi connectivity index (χ2n) is 13.8. The number of amides is 1. The van der Waals surface area contributed by atoms with Gasteiger partial charge in [0.05, 0.1) is 46.8 Å². The van der Waals surface area contributed by atoms with Crippen LogP contribution in [-0.4, -0.2) is 57.1 Å². The maximum atomic E-state index is 15.2. The van der Waals surface area contributed by atoms with Crippen molar-refractivity contribution in [1.29, 1.82) is 0 Å². The highest BCUT2D eigenvalue weighted by molar-refractivity contribution is 5.89. The SMILES string of the molecule is CCOc1cc(C(C(=O)NCc2ccccc2)N(c2ccc3cnccc3c2)N(Cc2ccc(OC)cc2OC)Cc2ccc(OC)cc2OC)ccc1OC(C)C. The third kappa shape index (κ3) is 9.91. The molecule has 1 heterocycles. The van der Waals surface area contributed by atoms with Crippen LogP contribution in [-0.2, 0) is 24.4 Å². The molecule has 0 aliphatic rings. The summed E-state index contributed by atoms with van der Waals surface area (Å²) in [6, 6.07) is 34.3. The highest BCUT2D eigenvalue weighted by Crippen LogP contribution is 2.39. The van der Waals surface area contributed by atoms with Gasteiger partial charge in [-0.3, -0.25) is 14.8 Å². The monoisotopic (exact) mass is 784 g/mol. The summed E-state index contributed by atoms with van der Waals surface area (Å²) in [6.45, 7) is 7.22. The summed E-state index contributed by atoms with van der Waals surface area (Å²) in [5, 5.41) is 9.39. The Labute approximate surface area is 341 Å². The van der Waals surface area contributed by atoms with Gasteiger partial charge in [-0.05, 0) is 79.7 Å². The third-order valence-electron chi connectivity index (χ3n) is 9.64. The molecule has 1 unspecified atom stereocenters. The summed E-state index contributed by atoms with van der Waals surface area (Å²) in [7, 11) is 6.53. The molecule has 0 fully saturated rings. The van der Waals surface area contributed by atoms with Crippen LogP contribution in [0.15, 0.2) is 122 Å². The second-order valence-corrected chi connectivity index (χ2v) is 13.8. The van der Waals surface area contributed by atoms with Gasteiger partial charge in [0.25, 0.3) is 0 Å². The van der Waals surface area contributed by atoms with Gasteiger partial charge < -0.3 is 33.7 Å². The molecule has 0 aliphatic carbocycles. The van der Waals surface area contributed by atoms with Crippen LogP contribution in [0, 0.1) is 0 Å². The lowest BCUT2D eigenvalue weighted by Gasteiger charge is -2.42. The van der Waals surface area contributed by atoms with E-state index in [4.69, 9.17) is 28.4 Å². The number of pyridine rings is 1. The average molecular weight is 785 g/mol. The van der Waals surface area contributed by atoms with E-state index in [9.17, 15) is 0 Å². The molecule has 0 aliphatic heterocycles. The van der Waals surface area contributed by atoms with Crippen LogP contribution in [0.3, 0.4) is 0 Å². The first-order chi connectivity index (χ1) is 28.2. The van der Waals surface area contributed by atoms with Crippen molar-refractivity contribution in [2.45, 2.75) is 52.6 Å². The molecule has 58 heavy (non-hydrogen) atoms. The molecule has 5 aromatic carbocycles. The molecular formula is C47H52N4O7. The zero-order valence-electron chi connectivity index (χ0n) is 34.2. The number of methoxy groups -OCH3 is 4. The van der Waals surface area contributed by atoms with E-state index in [0.29, 0.717) is 66.3 Å². The first-order valence-electron chi connectivity index (χ1n) is 19.3. The summed E-state index contributed by atoms with van der Waals surface area (Å²) in [5.74, 6) is 3.50. The van der Waals surface area contributed by atoms with Crippen molar-refractivity contribution in [3.8, 4) is 34.5 Å². The van der Waals surface area contributed by atoms with Crippen molar-refractivity contribution in [1.82, 2.24) is 15.3 Å². The molecule has 0 spiro atoms. The Morgan fingerprint density at radius 1 is 0.690 bits per heavy atom. The molecule has 1 aromatic heterocycles. The molecule has 6 aromatic rings. The molecule has 1 N–H and O–H groups in total. The molecule has 1 atom stereocenters. The van der Waals surface area contributed by atoms with Gasteiger partial charge >= 0.3 is 0 Å². The minimum Gasteiger partial charge on any atom is -0.497 e. The number of hydrazine groups is 1. The molecule has 6 rings (SSSR count). The van der Waals surface area contributed by atoms with E-state index in [1.807, 2.05) is 130 Å². The van der Waals surface area contributed by atoms with Crippen molar-refractivity contribution >= 4 is 22.4 Å². The molecule has 0 bridgehead atoms. The fourth-order valence-electron chi connectivity index (χ4n) is 6.86. The number of benzene rings is 5. The Morgan fingerprint density at radius 2 is 1.36 bits per heavy atom. The first kappa shape index (κ1) is 41.2. The van der Waals surface area contributed by atoms with Gasteiger partial charge in [-0.15, -0.1) is 0 Å². The van der Waals surface area contributed by atoms with Gasteiger partial charge in [0.2, 0.25) is 5.91 Å². The largest absolute Gasteiger partial charge is 0.497 e. The number of anilines is 1. The number of hydrogen-bond acceptors (Lipinski definition) is 10. The molecule has 1 amide bonds. The molecule has 0 saturated carbocycles. The van der Waals surface area contributed by atoms with Crippen LogP contribution in [0.4, 0.5) is 5.69 Å². The lowest BCUT2D eigenvalue weighted by atomic mass is 10.0. The fourth-order valence-corrected chi connectivity index (χ4v) is 6.86. The highest BCUT2D eigenvalue weighted by atomic mass is 16.5. The van der Waals surface area contributed by atoms with Gasteiger partial charge in [0.1, 0.15) is 29.0 Å². The van der Waals surface area contributed by atoms with Gasteiger partial charge in [-0.2, -0.15) is 0 Å². The number of nitrogens with zero attached hydrogens (tertiary/aromatic N) is 3. The average Bonchev–Trinajstić information content (AvgIpc) is 3.25. The summed E-state index contributed by atoms with van der Waals surface area (Å²) in [6.07, 6.45) is 3.51. The minimum absolute atomic E-state index is 0.0898. The Balaban J connectivity index is 1.61. The highest BCUT2D eigenvalue weighted by Gasteiger charge is 2.35. The second kappa shape index (κ2) is 19.6. The third-order valence-corrected chi connectivity index (χ3v) is 9.64. The Kier molecular flexibility index (Phi) is 13.9. The summed E-state index contributed by atoms with van der Waals surface area (Å²) < 4.78 is 35.4. The minimum atomic E-state index is -0.927. The standard InChI is InChI=1S/C47H52N4O7/c1-8-57-45-25-35(17-21-42(45)58-32(2)3)46(47(52)49-28-33-12-10-9-11-13-33)51(39-18-14-36-29-48-23-22-34(36)24-39)50(30-37-15-19-40(53-4)26-43(37)55-6)31-38-16-20-41(54-5)27-44(38)56-7/h9-27,29,32,46H,8,28,30-31H2,1-7H3,(H,49,52). The molecular weight excluding hydrogens is 733 g/mol. The molecule has 302 valence electrons. The van der Waals surface area contributed by atoms with Crippen LogP contribution in [0.2, 0.25) is 0 Å². The van der Waals surface area contributed by atoms with Crippen molar-refractivity contribution < 1.29 is 33.2 Å². The number of nitrogens with one attached hydrogen (secondary N) is 1. The fraction of sp³-hybridized carbons (Fsp3) is 0.277. The van der Waals surface area contributed by atoms with Crippen molar-refractivity contribution in [2.75, 3.05) is 40.1 Å². The smallest absolute Gasteiger partial charge is 0.249 e. The van der Waals surface area contributed by atoms with E-state index >= 15 is 4.79 Å². The van der Waals surface area contributed by atoms with E-state index in [0.717, 1.165) is 33.2 Å². The Morgan fingerprint density at radius 3 is 1.97 bits per heavy atom. The predicted molar refractivity (Wildman–Crippen MR) is 227 cm³/mol. The lowest BCUT2D eigenvalue weighted by Crippen LogP contribution is -2.49. The van der Waals surface area contributed by atoms with E-state index < -0.39 is 6.04 Å². The zero-order chi connectivity index (χ0) is 41.0. The Bertz CT molecular complexity index is 2230. The lowest BCUT2D eigenvalue weighted by molar-refractivity contribution is -0.123. The number of carbonyl (C=O) groups is 1. The van der Waals surface area contributed by atoms with E-state index in [1.165, 1.54) is 0 Å². The van der Waals surface area contributed by atoms with Gasteiger partial charge in [0, 0.05) is 60.7 Å². The number of aromatic nitrogens is 1. The van der Waals surface area contributed by atoms with E-state index in [-0.39, 0.29) is 12.0 Å². The van der Waals surface area contributed by atoms with Gasteiger partial charge in [0.15, 0.2) is 11.5 Å². The van der Waals surface area contributed by atoms with Crippen molar-refractivity contribution in [2.24, 2.45) is 0 Å². The van der Waals surface area contributed by atoms with Crippen LogP contribution < -0.4 is 38.7 Å². The van der Waals surface area contributed by atoms with Crippen LogP contribution in [0.5, 0.6) is 34.5 Å². The van der Waals surface area contributed by atoms with Gasteiger partial charge in [-0.1, -0.05) is 54.6 Å². The van der Waals surface area contributed by atoms with Crippen molar-refractivity contribution in [3.05, 3.63) is 144 Å². The Hall–Kier alpha value is -6.46. The van der Waals surface area contributed by atoms with Crippen LogP contribution >= 0.6 is 0 Å². The number of fused-ring (bicyclic) bond motifs is 1. The first-order valence-corrected chi connectivity index (χ1v) is 19.3. The molecule has 11 heteroatoms. The topological polar surface area (TPSA) is 104 Å². The van der Waals surface area contributed by atoms with Crippen molar-refractivity contribution in [3.63, 3.8) is 0 Å². The predicted octanol–water partition coefficient (Wildman–Crippen LogP) is 8.94. The zero-order valence-corrected chi connectivity index (χ0v) is 34.2. The van der Waals surface area contributed by atoms with E-state index in [2.05, 4.69) is 26.4 Å². The van der Waals surface area contributed by atoms with Crippen LogP contribution in [0.1, 0.15) is 49.1 Å². The molecule has 11 nitrogen and oxygen atoms in total. The molecule has 0 saturated heterocycles. The van der Waals surface area contributed by atoms with E-state index in [1.54, 1.807) is 34.6 Å². The van der Waals surface area contributed by atoms with Gasteiger partial charge in [-0.25, -0.2) is 5.01 Å². The number of carbonyl (C=O) groups excluding carboxylic acids is 1. The quantitative estimate of drug-likeness (QED) is 0.0801. The van der Waals surface area contributed by atoms with Crippen LogP contribution in [0.25, 0.3) is 10.8 Å². The number of rotatable bonds is 19. The maximum Gasteiger partial charge on any atom is 0.249 e. The summed E-state index contributed by atoms with van der Waals surface area (Å²) in [4.78, 5) is 19.6. The number of hydrogen-bond donors (Lipinski definition) is 1. The number of ether oxygens (including phenoxy) is 6. The maximum absolute atomic E-state index is 15.2. The normalized spacial score (nSPS) is 11.6. The summed E-state index contributed by atoms with van der Waals surface area (Å²) >= 11 is 0. The summed E-state index contributed by atoms with van der Waals surface area (Å²) in [5.41, 5.74) is 4.15. The molecule has 0 radical (unpaired) electrons.